The Morgan fingerprint density at radius 2 is 1.60 bits per heavy atom. The van der Waals surface area contributed by atoms with Crippen molar-refractivity contribution in [2.45, 2.75) is 45.7 Å². The SMILES string of the molecule is CC(C)(C(=O)CCc1ccc(Cl)c(C(=O)Cc2ccc(OCC(F)F)c(C(=O)Nc3cc(Cl)c4cc[nH]c4c3)c2)c1)C(F)(F)F. The molecule has 13 heteroatoms. The summed E-state index contributed by atoms with van der Waals surface area (Å²) in [5, 5.41) is 3.84. The molecule has 0 aliphatic heterocycles. The fourth-order valence-electron chi connectivity index (χ4n) is 4.49. The van der Waals surface area contributed by atoms with Crippen LogP contribution in [0.15, 0.2) is 60.8 Å². The van der Waals surface area contributed by atoms with Crippen LogP contribution in [0.2, 0.25) is 10.0 Å². The quantitative estimate of drug-likeness (QED) is 0.117. The van der Waals surface area contributed by atoms with Gasteiger partial charge in [-0.15, -0.1) is 0 Å². The third-order valence-corrected chi connectivity index (χ3v) is 7.91. The van der Waals surface area contributed by atoms with Gasteiger partial charge in [0.25, 0.3) is 12.3 Å². The van der Waals surface area contributed by atoms with Gasteiger partial charge >= 0.3 is 6.18 Å². The predicted octanol–water partition coefficient (Wildman–Crippen LogP) is 8.89. The third-order valence-electron chi connectivity index (χ3n) is 7.27. The third kappa shape index (κ3) is 8.01. The monoisotopic (exact) mass is 668 g/mol. The molecule has 238 valence electrons. The first kappa shape index (κ1) is 33.9. The number of carbonyl (C=O) groups excluding carboxylic acids is 3. The molecular formula is C32H27Cl2F5N2O4. The lowest BCUT2D eigenvalue weighted by Gasteiger charge is -2.26. The van der Waals surface area contributed by atoms with E-state index in [4.69, 9.17) is 27.9 Å². The highest BCUT2D eigenvalue weighted by Crippen LogP contribution is 2.39. The minimum absolute atomic E-state index is 0.0470. The Bertz CT molecular complexity index is 1750. The Morgan fingerprint density at radius 1 is 0.911 bits per heavy atom. The van der Waals surface area contributed by atoms with E-state index in [1.165, 1.54) is 42.5 Å². The largest absolute Gasteiger partial charge is 0.487 e. The fourth-order valence-corrected chi connectivity index (χ4v) is 4.99. The van der Waals surface area contributed by atoms with Gasteiger partial charge in [0.1, 0.15) is 23.6 Å². The number of fused-ring (bicyclic) bond motifs is 1. The summed E-state index contributed by atoms with van der Waals surface area (Å²) < 4.78 is 70.7. The molecule has 0 spiro atoms. The van der Waals surface area contributed by atoms with E-state index < -0.39 is 48.5 Å². The number of Topliss-reactive ketones (excluding diaryl/α,β-unsaturated/α-hetero) is 2. The average molecular weight is 669 g/mol. The summed E-state index contributed by atoms with van der Waals surface area (Å²) in [7, 11) is 0. The molecule has 0 aliphatic carbocycles. The Balaban J connectivity index is 1.55. The van der Waals surface area contributed by atoms with Crippen molar-refractivity contribution in [2.75, 3.05) is 11.9 Å². The molecule has 4 rings (SSSR count). The maximum Gasteiger partial charge on any atom is 0.400 e. The Hall–Kier alpha value is -3.96. The molecule has 0 saturated carbocycles. The van der Waals surface area contributed by atoms with Crippen LogP contribution in [-0.4, -0.2) is 41.7 Å². The molecule has 1 amide bonds. The number of carbonyl (C=O) groups is 3. The summed E-state index contributed by atoms with van der Waals surface area (Å²) in [4.78, 5) is 41.8. The normalized spacial score (nSPS) is 12.0. The number of anilines is 1. The van der Waals surface area contributed by atoms with Crippen LogP contribution in [0.3, 0.4) is 0 Å². The van der Waals surface area contributed by atoms with Gasteiger partial charge in [0.2, 0.25) is 0 Å². The number of ketones is 2. The fraction of sp³-hybridized carbons (Fsp3) is 0.281. The van der Waals surface area contributed by atoms with E-state index in [2.05, 4.69) is 10.3 Å². The van der Waals surface area contributed by atoms with Gasteiger partial charge in [-0.05, 0) is 73.9 Å². The average Bonchev–Trinajstić information content (AvgIpc) is 3.44. The van der Waals surface area contributed by atoms with E-state index in [1.54, 1.807) is 18.3 Å². The second kappa shape index (κ2) is 13.6. The van der Waals surface area contributed by atoms with Crippen molar-refractivity contribution in [1.82, 2.24) is 4.98 Å². The van der Waals surface area contributed by atoms with Crippen LogP contribution >= 0.6 is 23.2 Å². The second-order valence-corrected chi connectivity index (χ2v) is 11.7. The molecule has 0 unspecified atom stereocenters. The van der Waals surface area contributed by atoms with Gasteiger partial charge in [0.15, 0.2) is 5.78 Å². The molecule has 0 atom stereocenters. The van der Waals surface area contributed by atoms with Crippen LogP contribution in [0.4, 0.5) is 27.6 Å². The molecule has 4 aromatic rings. The zero-order valence-electron chi connectivity index (χ0n) is 24.0. The molecule has 6 nitrogen and oxygen atoms in total. The second-order valence-electron chi connectivity index (χ2n) is 10.8. The first-order valence-corrected chi connectivity index (χ1v) is 14.4. The van der Waals surface area contributed by atoms with Crippen LogP contribution in [-0.2, 0) is 17.6 Å². The van der Waals surface area contributed by atoms with Crippen LogP contribution < -0.4 is 10.1 Å². The number of halogens is 7. The van der Waals surface area contributed by atoms with Gasteiger partial charge in [0, 0.05) is 41.2 Å². The van der Waals surface area contributed by atoms with Crippen molar-refractivity contribution in [2.24, 2.45) is 5.41 Å². The molecule has 0 aliphatic rings. The van der Waals surface area contributed by atoms with Crippen molar-refractivity contribution in [1.29, 1.82) is 0 Å². The Labute approximate surface area is 264 Å². The van der Waals surface area contributed by atoms with Gasteiger partial charge in [-0.1, -0.05) is 35.3 Å². The van der Waals surface area contributed by atoms with E-state index in [0.717, 1.165) is 19.2 Å². The summed E-state index contributed by atoms with van der Waals surface area (Å²) in [5.41, 5.74) is -0.836. The standard InChI is InChI=1S/C32H27Cl2F5N2O4/c1-31(2,32(37,38)39)28(43)8-5-17-3-6-23(33)21(11-17)26(42)13-18-4-7-27(45-16-29(35)36)22(12-18)30(44)41-19-14-24(34)20-9-10-40-25(20)15-19/h3-4,6-7,9-12,14-15,29,40H,5,8,13,16H2,1-2H3,(H,41,44). The Kier molecular flexibility index (Phi) is 10.2. The highest BCUT2D eigenvalue weighted by Gasteiger charge is 2.51. The molecule has 2 N–H and O–H groups in total. The van der Waals surface area contributed by atoms with Crippen molar-refractivity contribution in [3.8, 4) is 5.75 Å². The number of alkyl halides is 5. The number of hydrogen-bond acceptors (Lipinski definition) is 4. The maximum atomic E-state index is 13.3. The minimum atomic E-state index is -4.70. The Morgan fingerprint density at radius 3 is 2.29 bits per heavy atom. The van der Waals surface area contributed by atoms with Crippen LogP contribution in [0.5, 0.6) is 5.75 Å². The highest BCUT2D eigenvalue weighted by atomic mass is 35.5. The predicted molar refractivity (Wildman–Crippen MR) is 162 cm³/mol. The molecule has 0 saturated heterocycles. The zero-order chi connectivity index (χ0) is 33.1. The smallest absolute Gasteiger partial charge is 0.400 e. The number of aromatic amines is 1. The zero-order valence-corrected chi connectivity index (χ0v) is 25.5. The number of aryl methyl sites for hydroxylation is 1. The van der Waals surface area contributed by atoms with Crippen LogP contribution in [0.25, 0.3) is 10.9 Å². The molecule has 0 fully saturated rings. The lowest BCUT2D eigenvalue weighted by atomic mass is 9.84. The van der Waals surface area contributed by atoms with E-state index >= 15 is 0 Å². The van der Waals surface area contributed by atoms with E-state index in [9.17, 15) is 36.3 Å². The summed E-state index contributed by atoms with van der Waals surface area (Å²) in [6.45, 7) is 0.671. The number of rotatable bonds is 12. The summed E-state index contributed by atoms with van der Waals surface area (Å²) in [6.07, 6.45) is -6.55. The van der Waals surface area contributed by atoms with Crippen molar-refractivity contribution in [3.05, 3.63) is 93.1 Å². The molecule has 0 bridgehead atoms. The van der Waals surface area contributed by atoms with Gasteiger partial charge < -0.3 is 15.0 Å². The number of hydrogen-bond donors (Lipinski definition) is 2. The molecule has 1 aromatic heterocycles. The summed E-state index contributed by atoms with van der Waals surface area (Å²) in [6, 6.07) is 13.3. The molecule has 45 heavy (non-hydrogen) atoms. The topological polar surface area (TPSA) is 88.3 Å². The van der Waals surface area contributed by atoms with Crippen molar-refractivity contribution in [3.63, 3.8) is 0 Å². The molecule has 1 heterocycles. The molecule has 3 aromatic carbocycles. The summed E-state index contributed by atoms with van der Waals surface area (Å²) in [5.74, 6) is -2.32. The van der Waals surface area contributed by atoms with Gasteiger partial charge in [-0.25, -0.2) is 8.78 Å². The van der Waals surface area contributed by atoms with Crippen molar-refractivity contribution < 1.29 is 41.1 Å². The van der Waals surface area contributed by atoms with E-state index in [0.29, 0.717) is 27.4 Å². The number of aromatic nitrogens is 1. The number of amides is 1. The first-order valence-electron chi connectivity index (χ1n) is 13.6. The minimum Gasteiger partial charge on any atom is -0.487 e. The maximum absolute atomic E-state index is 13.3. The highest BCUT2D eigenvalue weighted by molar-refractivity contribution is 6.36. The van der Waals surface area contributed by atoms with Crippen LogP contribution in [0, 0.1) is 5.41 Å². The lowest BCUT2D eigenvalue weighted by molar-refractivity contribution is -0.210. The number of benzene rings is 3. The van der Waals surface area contributed by atoms with Crippen LogP contribution in [0.1, 0.15) is 52.1 Å². The first-order chi connectivity index (χ1) is 21.1. The number of ether oxygens (including phenoxy) is 1. The lowest BCUT2D eigenvalue weighted by Crippen LogP contribution is -2.39. The van der Waals surface area contributed by atoms with Gasteiger partial charge in [-0.3, -0.25) is 14.4 Å². The van der Waals surface area contributed by atoms with E-state index in [-0.39, 0.29) is 34.7 Å². The molecular weight excluding hydrogens is 642 g/mol. The van der Waals surface area contributed by atoms with Gasteiger partial charge in [-0.2, -0.15) is 13.2 Å². The van der Waals surface area contributed by atoms with Gasteiger partial charge in [0.05, 0.1) is 15.6 Å². The summed E-state index contributed by atoms with van der Waals surface area (Å²) >= 11 is 12.6. The number of nitrogens with one attached hydrogen (secondary N) is 2. The van der Waals surface area contributed by atoms with E-state index in [1.807, 2.05) is 0 Å². The molecule has 0 radical (unpaired) electrons. The van der Waals surface area contributed by atoms with Crippen molar-refractivity contribution >= 4 is 57.3 Å². The number of H-pyrrole nitrogens is 1.